The first-order valence-electron chi connectivity index (χ1n) is 6.02. The van der Waals surface area contributed by atoms with E-state index in [0.29, 0.717) is 6.54 Å². The lowest BCUT2D eigenvalue weighted by molar-refractivity contribution is 0.0711. The monoisotopic (exact) mass is 291 g/mol. The van der Waals surface area contributed by atoms with Gasteiger partial charge in [0.2, 0.25) is 0 Å². The largest absolute Gasteiger partial charge is 0.383 e. The summed E-state index contributed by atoms with van der Waals surface area (Å²) in [5.74, 6) is 0.277. The van der Waals surface area contributed by atoms with Crippen molar-refractivity contribution in [3.05, 3.63) is 22.4 Å². The van der Waals surface area contributed by atoms with E-state index in [1.54, 1.807) is 6.92 Å². The summed E-state index contributed by atoms with van der Waals surface area (Å²) < 4.78 is 24.3. The molecular weight excluding hydrogens is 272 g/mol. The molecule has 0 aliphatic heterocycles. The van der Waals surface area contributed by atoms with Crippen LogP contribution in [0.5, 0.6) is 0 Å². The van der Waals surface area contributed by atoms with Gasteiger partial charge in [0, 0.05) is 11.4 Å². The van der Waals surface area contributed by atoms with Gasteiger partial charge in [-0.25, -0.2) is 13.8 Å². The molecule has 19 heavy (non-hydrogen) atoms. The zero-order chi connectivity index (χ0) is 14.3. The molecule has 0 saturated carbocycles. The quantitative estimate of drug-likeness (QED) is 0.553. The molecule has 1 atom stereocenters. The Morgan fingerprint density at radius 3 is 2.79 bits per heavy atom. The maximum atomic E-state index is 12.1. The smallest absolute Gasteiger partial charge is 0.255 e. The van der Waals surface area contributed by atoms with Crippen LogP contribution in [-0.4, -0.2) is 37.1 Å². The average Bonchev–Trinajstić information content (AvgIpc) is 2.87. The van der Waals surface area contributed by atoms with E-state index in [4.69, 9.17) is 0 Å². The van der Waals surface area contributed by atoms with Crippen LogP contribution in [0.3, 0.4) is 0 Å². The fourth-order valence-electron chi connectivity index (χ4n) is 1.41. The van der Waals surface area contributed by atoms with E-state index in [-0.39, 0.29) is 12.5 Å². The molecule has 0 aliphatic rings. The second kappa shape index (κ2) is 7.40. The predicted molar refractivity (Wildman–Crippen MR) is 73.9 cm³/mol. The molecule has 1 unspecified atom stereocenters. The van der Waals surface area contributed by atoms with Crippen molar-refractivity contribution in [1.29, 1.82) is 0 Å². The Morgan fingerprint density at radius 1 is 1.53 bits per heavy atom. The fourth-order valence-corrected chi connectivity index (χ4v) is 2.19. The number of nitrogens with zero attached hydrogens (tertiary/aromatic N) is 1. The molecule has 0 aliphatic carbocycles. The Morgan fingerprint density at radius 2 is 2.26 bits per heavy atom. The predicted octanol–water partition coefficient (Wildman–Crippen LogP) is 1.78. The van der Waals surface area contributed by atoms with Crippen LogP contribution in [0.25, 0.3) is 0 Å². The fraction of sp³-hybridized carbons (Fsp3) is 0.583. The van der Waals surface area contributed by atoms with E-state index in [2.05, 4.69) is 15.6 Å². The molecule has 0 radical (unpaired) electrons. The maximum Gasteiger partial charge on any atom is 0.255 e. The van der Waals surface area contributed by atoms with Crippen LogP contribution in [0.15, 0.2) is 22.5 Å². The van der Waals surface area contributed by atoms with Gasteiger partial charge in [-0.3, -0.25) is 0 Å². The third-order valence-corrected chi connectivity index (χ3v) is 3.49. The molecule has 0 fully saturated rings. The Hall–Kier alpha value is -1.21. The van der Waals surface area contributed by atoms with Crippen molar-refractivity contribution in [3.63, 3.8) is 0 Å². The molecule has 1 aromatic rings. The van der Waals surface area contributed by atoms with E-state index in [9.17, 15) is 13.9 Å². The molecule has 4 nitrogen and oxygen atoms in total. The average molecular weight is 291 g/mol. The Labute approximate surface area is 115 Å². The highest BCUT2D eigenvalue weighted by molar-refractivity contribution is 7.10. The van der Waals surface area contributed by atoms with Crippen LogP contribution >= 0.6 is 11.3 Å². The first-order chi connectivity index (χ1) is 8.95. The van der Waals surface area contributed by atoms with Gasteiger partial charge in [-0.05, 0) is 25.3 Å². The summed E-state index contributed by atoms with van der Waals surface area (Å²) in [5, 5.41) is 17.5. The number of hydrogen-bond donors (Lipinski definition) is 3. The molecule has 0 spiro atoms. The van der Waals surface area contributed by atoms with Crippen LogP contribution in [-0.2, 0) is 5.60 Å². The number of thiophene rings is 1. The van der Waals surface area contributed by atoms with Gasteiger partial charge in [0.05, 0.1) is 13.1 Å². The zero-order valence-corrected chi connectivity index (χ0v) is 11.8. The molecule has 1 heterocycles. The molecule has 1 rings (SSSR count). The summed E-state index contributed by atoms with van der Waals surface area (Å²) in [6, 6.07) is 3.66. The number of aliphatic imine (C=N–C) groups is 1. The first-order valence-corrected chi connectivity index (χ1v) is 6.90. The Bertz CT molecular complexity index is 394. The minimum absolute atomic E-state index is 0.103. The molecule has 3 N–H and O–H groups in total. The number of aliphatic hydroxyl groups is 1. The Balaban J connectivity index is 2.63. The highest BCUT2D eigenvalue weighted by atomic mass is 32.1. The lowest BCUT2D eigenvalue weighted by atomic mass is 10.1. The molecule has 0 saturated heterocycles. The lowest BCUT2D eigenvalue weighted by Crippen LogP contribution is -2.40. The molecule has 0 amide bonds. The van der Waals surface area contributed by atoms with Gasteiger partial charge >= 0.3 is 0 Å². The minimum atomic E-state index is -2.44. The Kier molecular flexibility index (Phi) is 6.17. The summed E-state index contributed by atoms with van der Waals surface area (Å²) >= 11 is 1.43. The molecule has 108 valence electrons. The van der Waals surface area contributed by atoms with Crippen molar-refractivity contribution in [2.75, 3.05) is 19.6 Å². The van der Waals surface area contributed by atoms with E-state index in [1.807, 2.05) is 24.4 Å². The third kappa shape index (κ3) is 5.52. The van der Waals surface area contributed by atoms with Gasteiger partial charge in [-0.1, -0.05) is 6.07 Å². The van der Waals surface area contributed by atoms with Gasteiger partial charge in [0.1, 0.15) is 5.60 Å². The van der Waals surface area contributed by atoms with Gasteiger partial charge < -0.3 is 15.7 Å². The highest BCUT2D eigenvalue weighted by Crippen LogP contribution is 2.25. The van der Waals surface area contributed by atoms with E-state index >= 15 is 0 Å². The van der Waals surface area contributed by atoms with Crippen LogP contribution in [0.2, 0.25) is 0 Å². The molecule has 1 aromatic heterocycles. The molecule has 0 aromatic carbocycles. The van der Waals surface area contributed by atoms with E-state index < -0.39 is 18.6 Å². The number of halogens is 2. The van der Waals surface area contributed by atoms with Crippen molar-refractivity contribution in [2.24, 2.45) is 4.99 Å². The van der Waals surface area contributed by atoms with Crippen LogP contribution in [0.1, 0.15) is 18.7 Å². The van der Waals surface area contributed by atoms with E-state index in [1.165, 1.54) is 11.3 Å². The normalized spacial score (nSPS) is 15.4. The summed E-state index contributed by atoms with van der Waals surface area (Å²) in [5.41, 5.74) is -1.10. The van der Waals surface area contributed by atoms with Gasteiger partial charge in [0.15, 0.2) is 5.96 Å². The molecule has 7 heteroatoms. The van der Waals surface area contributed by atoms with Crippen molar-refractivity contribution in [1.82, 2.24) is 10.6 Å². The lowest BCUT2D eigenvalue weighted by Gasteiger charge is -2.20. The van der Waals surface area contributed by atoms with E-state index in [0.717, 1.165) is 4.88 Å². The maximum absolute atomic E-state index is 12.1. The molecule has 0 bridgehead atoms. The number of rotatable bonds is 6. The number of hydrogen-bond acceptors (Lipinski definition) is 3. The number of guanidine groups is 1. The van der Waals surface area contributed by atoms with Crippen LogP contribution in [0, 0.1) is 0 Å². The van der Waals surface area contributed by atoms with Crippen LogP contribution in [0.4, 0.5) is 8.78 Å². The highest BCUT2D eigenvalue weighted by Gasteiger charge is 2.24. The standard InChI is InChI=1S/C12H19F2N3OS/c1-3-15-11(16-7-10(13)14)17-8-12(2,18)9-5-4-6-19-9/h4-6,10,18H,3,7-8H2,1-2H3,(H2,15,16,17). The van der Waals surface area contributed by atoms with Gasteiger partial charge in [-0.15, -0.1) is 11.3 Å². The van der Waals surface area contributed by atoms with Gasteiger partial charge in [-0.2, -0.15) is 0 Å². The third-order valence-electron chi connectivity index (χ3n) is 2.37. The van der Waals surface area contributed by atoms with Crippen molar-refractivity contribution >= 4 is 17.3 Å². The van der Waals surface area contributed by atoms with Crippen molar-refractivity contribution < 1.29 is 13.9 Å². The summed E-state index contributed by atoms with van der Waals surface area (Å²) in [4.78, 5) is 4.92. The van der Waals surface area contributed by atoms with Gasteiger partial charge in [0.25, 0.3) is 6.43 Å². The second-order valence-corrected chi connectivity index (χ2v) is 5.17. The first kappa shape index (κ1) is 15.8. The zero-order valence-electron chi connectivity index (χ0n) is 11.0. The summed E-state index contributed by atoms with van der Waals surface area (Å²) in [6.45, 7) is 3.70. The topological polar surface area (TPSA) is 56.7 Å². The minimum Gasteiger partial charge on any atom is -0.383 e. The summed E-state index contributed by atoms with van der Waals surface area (Å²) in [7, 11) is 0. The summed E-state index contributed by atoms with van der Waals surface area (Å²) in [6.07, 6.45) is -2.44. The second-order valence-electron chi connectivity index (χ2n) is 4.22. The number of alkyl halides is 2. The van der Waals surface area contributed by atoms with Crippen molar-refractivity contribution in [2.45, 2.75) is 25.9 Å². The molecular formula is C12H19F2N3OS. The number of nitrogens with one attached hydrogen (secondary N) is 2. The van der Waals surface area contributed by atoms with Crippen LogP contribution < -0.4 is 10.6 Å². The van der Waals surface area contributed by atoms with Crippen molar-refractivity contribution in [3.8, 4) is 0 Å². The SMILES string of the molecule is CCNC(=NCC(C)(O)c1cccs1)NCC(F)F.